The zero-order chi connectivity index (χ0) is 8.70. The Kier molecular flexibility index (Phi) is 2.08. The molecule has 1 aliphatic heterocycles. The molecule has 1 nitrogen and oxygen atoms in total. The third-order valence-corrected chi connectivity index (χ3v) is 3.39. The molecule has 0 bridgehead atoms. The molecule has 0 aromatic heterocycles. The van der Waals surface area contributed by atoms with Crippen LogP contribution in [0.2, 0.25) is 0 Å². The van der Waals surface area contributed by atoms with Crippen LogP contribution in [0.3, 0.4) is 0 Å². The van der Waals surface area contributed by atoms with Gasteiger partial charge in [-0.1, -0.05) is 0 Å². The second-order valence-electron chi connectivity index (χ2n) is 5.04. The average molecular weight is 153 g/mol. The molecule has 0 amide bonds. The molecule has 0 saturated carbocycles. The van der Waals surface area contributed by atoms with E-state index in [1.165, 1.54) is 19.3 Å². The third kappa shape index (κ3) is 1.61. The second-order valence-corrected chi connectivity index (χ2v) is 5.04. The van der Waals surface area contributed by atoms with E-state index in [0.29, 0.717) is 11.1 Å². The van der Waals surface area contributed by atoms with Crippen molar-refractivity contribution in [3.05, 3.63) is 0 Å². The van der Waals surface area contributed by atoms with E-state index in [2.05, 4.69) is 40.5 Å². The first-order valence-electron chi connectivity index (χ1n) is 4.60. The van der Waals surface area contributed by atoms with Gasteiger partial charge in [0.05, 0.1) is 0 Å². The van der Waals surface area contributed by atoms with Gasteiger partial charge in [0.2, 0.25) is 0 Å². The molecule has 0 radical (unpaired) electrons. The lowest BCUT2D eigenvalue weighted by molar-refractivity contribution is 0.0577. The van der Waals surface area contributed by atoms with Gasteiger partial charge in [-0.3, -0.25) is 0 Å². The largest absolute Gasteiger partial charge is 0.339 e. The average Bonchev–Trinajstić information content (AvgIpc) is 1.82. The number of hydrogen-bond acceptors (Lipinski definition) is 1. The van der Waals surface area contributed by atoms with E-state index in [1.54, 1.807) is 0 Å². The number of piperidine rings is 1. The summed E-state index contributed by atoms with van der Waals surface area (Å²) in [5.74, 6) is 0. The molecule has 0 unspecified atom stereocenters. The Hall–Kier alpha value is 0.0249. The Balaban J connectivity index is 2.76. The molecule has 0 aromatic carbocycles. The molecular formula is C9H20BN. The first-order valence-corrected chi connectivity index (χ1v) is 4.60. The Bertz CT molecular complexity index is 136. The highest BCUT2D eigenvalue weighted by Crippen LogP contribution is 2.35. The maximum atomic E-state index is 2.52. The van der Waals surface area contributed by atoms with Crippen LogP contribution < -0.4 is 0 Å². The van der Waals surface area contributed by atoms with Crippen molar-refractivity contribution in [1.82, 2.24) is 4.81 Å². The van der Waals surface area contributed by atoms with E-state index in [0.717, 1.165) is 0 Å². The lowest BCUT2D eigenvalue weighted by Gasteiger charge is -2.51. The molecule has 64 valence electrons. The van der Waals surface area contributed by atoms with Gasteiger partial charge in [-0.05, 0) is 47.0 Å². The SMILES string of the molecule is BN1C(C)(C)CCCC1(C)C. The van der Waals surface area contributed by atoms with Crippen molar-refractivity contribution in [2.75, 3.05) is 0 Å². The molecule has 0 aromatic rings. The van der Waals surface area contributed by atoms with Crippen molar-refractivity contribution >= 4 is 7.98 Å². The van der Waals surface area contributed by atoms with Crippen LogP contribution in [0.15, 0.2) is 0 Å². The zero-order valence-electron chi connectivity index (χ0n) is 8.57. The summed E-state index contributed by atoms with van der Waals surface area (Å²) in [5.41, 5.74) is 0.809. The highest BCUT2D eigenvalue weighted by Gasteiger charge is 2.37. The number of nitrogens with zero attached hydrogens (tertiary/aromatic N) is 1. The summed E-state index contributed by atoms with van der Waals surface area (Å²) < 4.78 is 0. The van der Waals surface area contributed by atoms with Gasteiger partial charge in [0, 0.05) is 11.1 Å². The zero-order valence-corrected chi connectivity index (χ0v) is 8.57. The molecule has 1 heterocycles. The van der Waals surface area contributed by atoms with Gasteiger partial charge in [-0.15, -0.1) is 0 Å². The van der Waals surface area contributed by atoms with Crippen LogP contribution in [-0.2, 0) is 0 Å². The van der Waals surface area contributed by atoms with Crippen molar-refractivity contribution in [3.8, 4) is 0 Å². The smallest absolute Gasteiger partial charge is 0.186 e. The Morgan fingerprint density at radius 3 is 1.64 bits per heavy atom. The Labute approximate surface area is 71.6 Å². The van der Waals surface area contributed by atoms with E-state index in [9.17, 15) is 0 Å². The van der Waals surface area contributed by atoms with Crippen LogP contribution in [0.5, 0.6) is 0 Å². The summed E-state index contributed by atoms with van der Waals surface area (Å²) in [6, 6.07) is 0. The maximum absolute atomic E-state index is 2.52. The quantitative estimate of drug-likeness (QED) is 0.477. The summed E-state index contributed by atoms with van der Waals surface area (Å²) >= 11 is 0. The molecule has 1 rings (SSSR count). The van der Waals surface area contributed by atoms with Gasteiger partial charge >= 0.3 is 0 Å². The minimum Gasteiger partial charge on any atom is -0.339 e. The van der Waals surface area contributed by atoms with Crippen LogP contribution >= 0.6 is 0 Å². The first kappa shape index (κ1) is 9.12. The van der Waals surface area contributed by atoms with Crippen molar-refractivity contribution in [3.63, 3.8) is 0 Å². The minimum atomic E-state index is 0.405. The van der Waals surface area contributed by atoms with Crippen LogP contribution in [0.4, 0.5) is 0 Å². The lowest BCUT2D eigenvalue weighted by atomic mass is 9.77. The van der Waals surface area contributed by atoms with E-state index < -0.39 is 0 Å². The van der Waals surface area contributed by atoms with Gasteiger partial charge in [-0.2, -0.15) is 0 Å². The monoisotopic (exact) mass is 153 g/mol. The van der Waals surface area contributed by atoms with Crippen molar-refractivity contribution in [2.45, 2.75) is 58.0 Å². The van der Waals surface area contributed by atoms with Crippen LogP contribution in [-0.4, -0.2) is 23.9 Å². The molecule has 0 spiro atoms. The fourth-order valence-corrected chi connectivity index (χ4v) is 2.11. The van der Waals surface area contributed by atoms with Gasteiger partial charge in [0.15, 0.2) is 7.98 Å². The molecule has 1 fully saturated rings. The highest BCUT2D eigenvalue weighted by molar-refractivity contribution is 6.05. The van der Waals surface area contributed by atoms with Gasteiger partial charge in [0.1, 0.15) is 0 Å². The molecule has 0 aliphatic carbocycles. The van der Waals surface area contributed by atoms with E-state index in [1.807, 2.05) is 0 Å². The van der Waals surface area contributed by atoms with Crippen molar-refractivity contribution in [2.24, 2.45) is 0 Å². The van der Waals surface area contributed by atoms with Crippen molar-refractivity contribution in [1.29, 1.82) is 0 Å². The molecular weight excluding hydrogens is 133 g/mol. The molecule has 0 atom stereocenters. The third-order valence-electron chi connectivity index (χ3n) is 3.39. The lowest BCUT2D eigenvalue weighted by Crippen LogP contribution is -2.57. The number of hydrogen-bond donors (Lipinski definition) is 0. The molecule has 11 heavy (non-hydrogen) atoms. The topological polar surface area (TPSA) is 3.24 Å². The fourth-order valence-electron chi connectivity index (χ4n) is 2.11. The minimum absolute atomic E-state index is 0.405. The van der Waals surface area contributed by atoms with E-state index in [4.69, 9.17) is 0 Å². The van der Waals surface area contributed by atoms with Crippen LogP contribution in [0, 0.1) is 0 Å². The van der Waals surface area contributed by atoms with E-state index in [-0.39, 0.29) is 0 Å². The predicted molar refractivity (Wildman–Crippen MR) is 52.4 cm³/mol. The fraction of sp³-hybridized carbons (Fsp3) is 1.00. The van der Waals surface area contributed by atoms with Gasteiger partial charge in [0.25, 0.3) is 0 Å². The Morgan fingerprint density at radius 1 is 1.00 bits per heavy atom. The molecule has 1 aliphatic rings. The summed E-state index contributed by atoms with van der Waals surface area (Å²) in [7, 11) is 2.25. The number of rotatable bonds is 0. The maximum Gasteiger partial charge on any atom is 0.186 e. The van der Waals surface area contributed by atoms with Gasteiger partial charge in [-0.25, -0.2) is 0 Å². The molecule has 2 heteroatoms. The van der Waals surface area contributed by atoms with Crippen LogP contribution in [0.25, 0.3) is 0 Å². The summed E-state index contributed by atoms with van der Waals surface area (Å²) in [6.07, 6.45) is 4.06. The van der Waals surface area contributed by atoms with Gasteiger partial charge < -0.3 is 4.81 Å². The normalized spacial score (nSPS) is 30.2. The van der Waals surface area contributed by atoms with E-state index >= 15 is 0 Å². The first-order chi connectivity index (χ1) is 4.86. The standard InChI is InChI=1S/C9H20BN/c1-8(2)6-5-7-9(3,4)11(8)10/h5-7,10H2,1-4H3. The molecule has 1 saturated heterocycles. The highest BCUT2D eigenvalue weighted by atomic mass is 15.2. The summed E-state index contributed by atoms with van der Waals surface area (Å²) in [6.45, 7) is 9.36. The van der Waals surface area contributed by atoms with Crippen molar-refractivity contribution < 1.29 is 0 Å². The Morgan fingerprint density at radius 2 is 1.36 bits per heavy atom. The van der Waals surface area contributed by atoms with Crippen LogP contribution in [0.1, 0.15) is 47.0 Å². The second kappa shape index (κ2) is 2.51. The predicted octanol–water partition coefficient (Wildman–Crippen LogP) is 1.58. The summed E-state index contributed by atoms with van der Waals surface area (Å²) in [4.78, 5) is 2.52. The summed E-state index contributed by atoms with van der Waals surface area (Å²) in [5, 5.41) is 0. The molecule has 0 N–H and O–H groups in total.